The Morgan fingerprint density at radius 3 is 2.19 bits per heavy atom. The van der Waals surface area contributed by atoms with E-state index in [0.29, 0.717) is 11.3 Å². The molecule has 1 unspecified atom stereocenters. The molecule has 2 rings (SSSR count). The van der Waals surface area contributed by atoms with E-state index in [9.17, 15) is 9.90 Å². The summed E-state index contributed by atoms with van der Waals surface area (Å²) in [4.78, 5) is 11.3. The van der Waals surface area contributed by atoms with Crippen molar-refractivity contribution in [2.24, 2.45) is 0 Å². The van der Waals surface area contributed by atoms with Crippen molar-refractivity contribution in [2.75, 3.05) is 7.11 Å². The maximum atomic E-state index is 11.3. The summed E-state index contributed by atoms with van der Waals surface area (Å²) < 4.78 is 10.1. The molecule has 0 saturated carbocycles. The normalized spacial score (nSPS) is 11.5. The summed E-state index contributed by atoms with van der Waals surface area (Å²) in [6.07, 6.45) is -1.36. The highest BCUT2D eigenvalue weighted by atomic mass is 16.5. The first-order valence-electron chi connectivity index (χ1n) is 6.40. The second-order valence-electron chi connectivity index (χ2n) is 4.39. The van der Waals surface area contributed by atoms with Crippen LogP contribution < -0.4 is 4.74 Å². The first kappa shape index (κ1) is 14.8. The third-order valence-corrected chi connectivity index (χ3v) is 2.96. The zero-order chi connectivity index (χ0) is 15.2. The van der Waals surface area contributed by atoms with Crippen LogP contribution in [0.3, 0.4) is 0 Å². The molecule has 0 radical (unpaired) electrons. The minimum atomic E-state index is -1.36. The minimum absolute atomic E-state index is 0.285. The van der Waals surface area contributed by atoms with Gasteiger partial charge in [-0.3, -0.25) is 0 Å². The number of carbonyl (C=O) groups excluding carboxylic acids is 1. The summed E-state index contributed by atoms with van der Waals surface area (Å²) in [5.41, 5.74) is 0.932. The smallest absolute Gasteiger partial charge is 0.339 e. The minimum Gasteiger partial charge on any atom is -0.467 e. The molecule has 0 bridgehead atoms. The predicted molar refractivity (Wildman–Crippen MR) is 80.0 cm³/mol. The number of aliphatic hydroxyl groups excluding tert-OH is 1. The summed E-state index contributed by atoms with van der Waals surface area (Å²) >= 11 is 0. The van der Waals surface area contributed by atoms with Gasteiger partial charge < -0.3 is 14.6 Å². The molecule has 0 aliphatic heterocycles. The highest BCUT2D eigenvalue weighted by Crippen LogP contribution is 2.24. The fraction of sp³-hybridized carbons (Fsp3) is 0.118. The van der Waals surface area contributed by atoms with E-state index < -0.39 is 12.1 Å². The van der Waals surface area contributed by atoms with Gasteiger partial charge in [0.1, 0.15) is 11.5 Å². The molecule has 4 nitrogen and oxygen atoms in total. The van der Waals surface area contributed by atoms with E-state index in [2.05, 4.69) is 11.3 Å². The number of aliphatic hydroxyl groups is 1. The molecule has 21 heavy (non-hydrogen) atoms. The molecule has 2 aromatic carbocycles. The van der Waals surface area contributed by atoms with Gasteiger partial charge in [0, 0.05) is 0 Å². The average molecular weight is 284 g/mol. The Bertz CT molecular complexity index is 617. The van der Waals surface area contributed by atoms with Crippen LogP contribution in [0.2, 0.25) is 0 Å². The van der Waals surface area contributed by atoms with E-state index in [1.807, 2.05) is 30.3 Å². The molecule has 0 amide bonds. The van der Waals surface area contributed by atoms with Crippen LogP contribution >= 0.6 is 0 Å². The van der Waals surface area contributed by atoms with Gasteiger partial charge in [0.2, 0.25) is 0 Å². The number of esters is 1. The molecule has 1 atom stereocenters. The Labute approximate surface area is 123 Å². The van der Waals surface area contributed by atoms with Crippen LogP contribution in [0.25, 0.3) is 5.57 Å². The lowest BCUT2D eigenvalue weighted by atomic mass is 10.0. The molecule has 4 heteroatoms. The lowest BCUT2D eigenvalue weighted by Gasteiger charge is -2.12. The third kappa shape index (κ3) is 3.70. The molecule has 108 valence electrons. The van der Waals surface area contributed by atoms with Gasteiger partial charge in [-0.15, -0.1) is 0 Å². The Morgan fingerprint density at radius 2 is 1.62 bits per heavy atom. The molecule has 0 fully saturated rings. The topological polar surface area (TPSA) is 55.8 Å². The predicted octanol–water partition coefficient (Wildman–Crippen LogP) is 3.03. The van der Waals surface area contributed by atoms with Gasteiger partial charge in [0.25, 0.3) is 0 Å². The van der Waals surface area contributed by atoms with Crippen LogP contribution in [0.15, 0.2) is 61.2 Å². The maximum Gasteiger partial charge on any atom is 0.339 e. The number of methoxy groups -OCH3 is 1. The van der Waals surface area contributed by atoms with Crippen molar-refractivity contribution < 1.29 is 19.4 Å². The van der Waals surface area contributed by atoms with Crippen molar-refractivity contribution in [3.05, 3.63) is 66.7 Å². The Morgan fingerprint density at radius 1 is 1.05 bits per heavy atom. The number of benzene rings is 2. The highest BCUT2D eigenvalue weighted by molar-refractivity contribution is 5.90. The largest absolute Gasteiger partial charge is 0.467 e. The Balaban J connectivity index is 2.08. The van der Waals surface area contributed by atoms with Crippen LogP contribution in [0.1, 0.15) is 5.56 Å². The molecule has 0 aliphatic carbocycles. The molecular weight excluding hydrogens is 268 g/mol. The fourth-order valence-corrected chi connectivity index (χ4v) is 1.77. The van der Waals surface area contributed by atoms with Crippen molar-refractivity contribution in [1.82, 2.24) is 0 Å². The summed E-state index contributed by atoms with van der Waals surface area (Å²) in [5.74, 6) is 0.661. The number of ether oxygens (including phenoxy) is 2. The van der Waals surface area contributed by atoms with Crippen molar-refractivity contribution in [2.45, 2.75) is 6.10 Å². The van der Waals surface area contributed by atoms with Crippen LogP contribution in [0.4, 0.5) is 0 Å². The van der Waals surface area contributed by atoms with Crippen LogP contribution in [0.5, 0.6) is 11.5 Å². The molecule has 1 N–H and O–H groups in total. The quantitative estimate of drug-likeness (QED) is 0.857. The van der Waals surface area contributed by atoms with Crippen molar-refractivity contribution >= 4 is 11.5 Å². The molecule has 0 aliphatic rings. The lowest BCUT2D eigenvalue weighted by Crippen LogP contribution is -2.22. The maximum absolute atomic E-state index is 11.3. The number of rotatable bonds is 5. The monoisotopic (exact) mass is 284 g/mol. The highest BCUT2D eigenvalue weighted by Gasteiger charge is 2.20. The molecular formula is C17H16O4. The summed E-state index contributed by atoms with van der Waals surface area (Å²) in [6.45, 7) is 3.72. The molecule has 2 aromatic rings. The van der Waals surface area contributed by atoms with Gasteiger partial charge in [-0.25, -0.2) is 4.79 Å². The Hall–Kier alpha value is -2.59. The number of hydrogen-bond donors (Lipinski definition) is 1. The summed E-state index contributed by atoms with van der Waals surface area (Å²) in [6, 6.07) is 16.3. The first-order chi connectivity index (χ1) is 10.1. The van der Waals surface area contributed by atoms with Crippen LogP contribution in [-0.4, -0.2) is 24.3 Å². The number of para-hydroxylation sites is 1. The van der Waals surface area contributed by atoms with E-state index in [1.165, 1.54) is 7.11 Å². The zero-order valence-corrected chi connectivity index (χ0v) is 11.7. The third-order valence-electron chi connectivity index (χ3n) is 2.96. The first-order valence-corrected chi connectivity index (χ1v) is 6.40. The van der Waals surface area contributed by atoms with Crippen molar-refractivity contribution in [3.63, 3.8) is 0 Å². The van der Waals surface area contributed by atoms with Gasteiger partial charge in [-0.1, -0.05) is 36.9 Å². The van der Waals surface area contributed by atoms with Gasteiger partial charge in [0.05, 0.1) is 7.11 Å². The molecule has 0 saturated heterocycles. The number of hydrogen-bond acceptors (Lipinski definition) is 4. The van der Waals surface area contributed by atoms with E-state index in [0.717, 1.165) is 5.75 Å². The van der Waals surface area contributed by atoms with E-state index in [4.69, 9.17) is 4.74 Å². The summed E-state index contributed by atoms with van der Waals surface area (Å²) in [7, 11) is 1.22. The van der Waals surface area contributed by atoms with Gasteiger partial charge in [-0.2, -0.15) is 0 Å². The van der Waals surface area contributed by atoms with Crippen LogP contribution in [0, 0.1) is 0 Å². The molecule has 0 heterocycles. The van der Waals surface area contributed by atoms with Crippen molar-refractivity contribution in [3.8, 4) is 11.5 Å². The van der Waals surface area contributed by atoms with E-state index in [-0.39, 0.29) is 5.57 Å². The zero-order valence-electron chi connectivity index (χ0n) is 11.7. The van der Waals surface area contributed by atoms with Gasteiger partial charge in [0.15, 0.2) is 6.10 Å². The van der Waals surface area contributed by atoms with E-state index >= 15 is 0 Å². The molecule has 0 aromatic heterocycles. The molecule has 0 spiro atoms. The summed E-state index contributed by atoms with van der Waals surface area (Å²) in [5, 5.41) is 9.74. The van der Waals surface area contributed by atoms with Gasteiger partial charge in [-0.05, 0) is 35.4 Å². The lowest BCUT2D eigenvalue weighted by molar-refractivity contribution is -0.147. The van der Waals surface area contributed by atoms with E-state index in [1.54, 1.807) is 24.3 Å². The second kappa shape index (κ2) is 6.72. The van der Waals surface area contributed by atoms with Crippen molar-refractivity contribution in [1.29, 1.82) is 0 Å². The average Bonchev–Trinajstić information content (AvgIpc) is 2.54. The SMILES string of the molecule is C=C(c1ccc(Oc2ccccc2)cc1)C(O)C(=O)OC. The van der Waals surface area contributed by atoms with Crippen LogP contribution in [-0.2, 0) is 9.53 Å². The van der Waals surface area contributed by atoms with Gasteiger partial charge >= 0.3 is 5.97 Å². The standard InChI is InChI=1S/C17H16O4/c1-12(16(18)17(19)20-2)13-8-10-15(11-9-13)21-14-6-4-3-5-7-14/h3-11,16,18H,1H2,2H3. The number of carbonyl (C=O) groups is 1. The second-order valence-corrected chi connectivity index (χ2v) is 4.39. The fourth-order valence-electron chi connectivity index (χ4n) is 1.77. The Kier molecular flexibility index (Phi) is 4.74.